The lowest BCUT2D eigenvalue weighted by Crippen LogP contribution is -2.82. The van der Waals surface area contributed by atoms with Crippen LogP contribution in [0.4, 0.5) is 4.79 Å². The molecule has 3 fully saturated rings. The summed E-state index contributed by atoms with van der Waals surface area (Å²) in [5.74, 6) is -7.78. The Hall–Kier alpha value is -5.73. The molecule has 4 aliphatic rings. The number of aliphatic hydroxyl groups excluding tert-OH is 2. The molecular weight excluding hydrogens is 903 g/mol. The number of nitrogens with one attached hydrogen (secondary N) is 1. The fourth-order valence-electron chi connectivity index (χ4n) is 10.4. The van der Waals surface area contributed by atoms with Crippen molar-refractivity contribution >= 4 is 41.7 Å². The summed E-state index contributed by atoms with van der Waals surface area (Å²) in [5, 5.41) is 38.2. The first-order valence-electron chi connectivity index (χ1n) is 22.8. The second-order valence-corrected chi connectivity index (χ2v) is 19.8. The van der Waals surface area contributed by atoms with Gasteiger partial charge in [-0.15, -0.1) is 0 Å². The standard InChI is InChI=1S/C50H63NO18/c1-26-31(64-44(59)37(55)36(29-17-13-11-14-18-29)51-45(60)69-46(4,5)6)24-50(61)41(67-43(58)30-19-15-12-16-20-30)39-48(9,40(56)38(35(26)47(50,7)8)66-34(54)21-22-52)32(65-42(57)27(2)62-10)23-33-49(39,25-63-33)68-28(3)53/h11-20,27,31-33,36-39,41,52,55,61H,21-25H2,1-10H3,(H,51,60)/t27?,31-,32-,33+,36-,37+,38+,39?,41-,48+,49-,50+/m0/s1. The quantitative estimate of drug-likeness (QED) is 0.119. The molecule has 6 rings (SSSR count). The van der Waals surface area contributed by atoms with Gasteiger partial charge in [0.1, 0.15) is 35.6 Å². The maximum atomic E-state index is 16.2. The SMILES string of the molecule is COC(C)C(=O)O[C@H]1C[C@H]2OC[C@@]2(OC(C)=O)C2[C@H](OC(=O)c3ccccc3)[C@]3(O)C[C@H](OC(=O)[C@H](O)[C@@H](NC(=O)OC(C)(C)C)c4ccccc4)C(C)=C([C@@H](OC(=O)CCO)C(=O)[C@@]21C)C3(C)C. The molecule has 19 heteroatoms. The van der Waals surface area contributed by atoms with Gasteiger partial charge in [-0.25, -0.2) is 19.2 Å². The van der Waals surface area contributed by atoms with Crippen molar-refractivity contribution in [3.05, 3.63) is 82.9 Å². The van der Waals surface area contributed by atoms with Crippen LogP contribution in [-0.4, -0.2) is 137 Å². The molecule has 0 spiro atoms. The largest absolute Gasteiger partial charge is 0.459 e. The molecular formula is C50H63NO18. The van der Waals surface area contributed by atoms with Crippen molar-refractivity contribution in [1.29, 1.82) is 0 Å². The van der Waals surface area contributed by atoms with E-state index in [1.807, 2.05) is 0 Å². The van der Waals surface area contributed by atoms with Crippen molar-refractivity contribution in [3.63, 3.8) is 0 Å². The van der Waals surface area contributed by atoms with Crippen molar-refractivity contribution in [1.82, 2.24) is 5.32 Å². The number of hydrogen-bond donors (Lipinski definition) is 4. The van der Waals surface area contributed by atoms with Gasteiger partial charge in [-0.2, -0.15) is 0 Å². The Bertz CT molecular complexity index is 2330. The fourth-order valence-corrected chi connectivity index (χ4v) is 10.4. The van der Waals surface area contributed by atoms with Gasteiger partial charge in [0.05, 0.1) is 42.6 Å². The Morgan fingerprint density at radius 2 is 1.54 bits per heavy atom. The molecule has 2 bridgehead atoms. The van der Waals surface area contributed by atoms with Crippen LogP contribution in [0.1, 0.15) is 104 Å². The predicted molar refractivity (Wildman–Crippen MR) is 240 cm³/mol. The van der Waals surface area contributed by atoms with Crippen LogP contribution in [0.25, 0.3) is 0 Å². The van der Waals surface area contributed by atoms with Crippen LogP contribution in [0.2, 0.25) is 0 Å². The molecule has 0 radical (unpaired) electrons. The molecule has 2 saturated carbocycles. The number of amides is 1. The zero-order valence-corrected chi connectivity index (χ0v) is 40.5. The molecule has 2 aromatic carbocycles. The Morgan fingerprint density at radius 1 is 0.913 bits per heavy atom. The van der Waals surface area contributed by atoms with Crippen molar-refractivity contribution in [2.24, 2.45) is 16.7 Å². The van der Waals surface area contributed by atoms with E-state index < -0.39 is 150 Å². The van der Waals surface area contributed by atoms with Gasteiger partial charge in [-0.3, -0.25) is 14.4 Å². The van der Waals surface area contributed by atoms with Gasteiger partial charge in [-0.05, 0) is 70.4 Å². The van der Waals surface area contributed by atoms with Crippen LogP contribution >= 0.6 is 0 Å². The molecule has 2 unspecified atom stereocenters. The monoisotopic (exact) mass is 965 g/mol. The maximum absolute atomic E-state index is 16.2. The number of rotatable bonds is 14. The van der Waals surface area contributed by atoms with Crippen LogP contribution in [0.15, 0.2) is 71.8 Å². The lowest BCUT2D eigenvalue weighted by molar-refractivity contribution is -0.346. The van der Waals surface area contributed by atoms with E-state index >= 15 is 4.79 Å². The number of aliphatic hydroxyl groups is 3. The summed E-state index contributed by atoms with van der Waals surface area (Å²) >= 11 is 0. The minimum atomic E-state index is -2.52. The lowest BCUT2D eigenvalue weighted by atomic mass is 9.44. The molecule has 0 aromatic heterocycles. The molecule has 1 amide bonds. The van der Waals surface area contributed by atoms with E-state index in [-0.39, 0.29) is 28.7 Å². The summed E-state index contributed by atoms with van der Waals surface area (Å²) in [6.45, 7) is 12.2. The average Bonchev–Trinajstić information content (AvgIpc) is 3.28. The van der Waals surface area contributed by atoms with Crippen molar-refractivity contribution < 1.29 is 86.8 Å². The molecule has 12 atom stereocenters. The summed E-state index contributed by atoms with van der Waals surface area (Å²) in [6, 6.07) is 14.3. The molecule has 1 saturated heterocycles. The van der Waals surface area contributed by atoms with Crippen molar-refractivity contribution in [3.8, 4) is 0 Å². The highest BCUT2D eigenvalue weighted by Crippen LogP contribution is 2.65. The highest BCUT2D eigenvalue weighted by atomic mass is 16.6. The van der Waals surface area contributed by atoms with Crippen LogP contribution in [0.3, 0.4) is 0 Å². The fraction of sp³-hybridized carbons (Fsp3) is 0.580. The summed E-state index contributed by atoms with van der Waals surface area (Å²) < 4.78 is 47.7. The van der Waals surface area contributed by atoms with Gasteiger partial charge in [-0.1, -0.05) is 62.4 Å². The van der Waals surface area contributed by atoms with Crippen LogP contribution in [-0.2, 0) is 61.9 Å². The minimum absolute atomic E-state index is 0.0127. The Kier molecular flexibility index (Phi) is 15.2. The number of carbonyl (C=O) groups is 7. The summed E-state index contributed by atoms with van der Waals surface area (Å²) in [5.41, 5.74) is -9.14. The van der Waals surface area contributed by atoms with E-state index in [4.69, 9.17) is 37.9 Å². The summed E-state index contributed by atoms with van der Waals surface area (Å²) in [6.07, 6.45) is -14.0. The van der Waals surface area contributed by atoms with Crippen LogP contribution in [0.5, 0.6) is 0 Å². The number of Topliss-reactive ketones (excluding diaryl/α,β-unsaturated/α-hetero) is 1. The first-order valence-corrected chi connectivity index (χ1v) is 22.8. The van der Waals surface area contributed by atoms with Crippen molar-refractivity contribution in [2.75, 3.05) is 20.3 Å². The smallest absolute Gasteiger partial charge is 0.408 e. The highest BCUT2D eigenvalue weighted by molar-refractivity contribution is 5.96. The number of esters is 5. The molecule has 19 nitrogen and oxygen atoms in total. The van der Waals surface area contributed by atoms with E-state index in [2.05, 4.69) is 5.32 Å². The van der Waals surface area contributed by atoms with E-state index in [1.165, 1.54) is 53.9 Å². The maximum Gasteiger partial charge on any atom is 0.408 e. The van der Waals surface area contributed by atoms with Gasteiger partial charge >= 0.3 is 35.9 Å². The third-order valence-corrected chi connectivity index (χ3v) is 14.0. The Balaban J connectivity index is 1.60. The van der Waals surface area contributed by atoms with E-state index in [0.717, 1.165) is 6.92 Å². The number of carbonyl (C=O) groups excluding carboxylic acids is 7. The summed E-state index contributed by atoms with van der Waals surface area (Å²) in [4.78, 5) is 98.9. The zero-order valence-electron chi connectivity index (χ0n) is 40.5. The van der Waals surface area contributed by atoms with Gasteiger partial charge < -0.3 is 58.5 Å². The normalized spacial score (nSPS) is 30.5. The van der Waals surface area contributed by atoms with E-state index in [1.54, 1.807) is 69.3 Å². The second-order valence-electron chi connectivity index (χ2n) is 19.8. The third-order valence-electron chi connectivity index (χ3n) is 14.0. The molecule has 2 aromatic rings. The van der Waals surface area contributed by atoms with Gasteiger partial charge in [0.25, 0.3) is 0 Å². The highest BCUT2D eigenvalue weighted by Gasteiger charge is 2.79. The van der Waals surface area contributed by atoms with E-state index in [9.17, 15) is 44.1 Å². The van der Waals surface area contributed by atoms with Gasteiger partial charge in [0.15, 0.2) is 29.7 Å². The third kappa shape index (κ3) is 9.88. The molecule has 1 aliphatic heterocycles. The second kappa shape index (κ2) is 19.9. The number of ketones is 1. The van der Waals surface area contributed by atoms with Crippen LogP contribution < -0.4 is 5.32 Å². The minimum Gasteiger partial charge on any atom is -0.459 e. The molecule has 3 aliphatic carbocycles. The number of fused-ring (bicyclic) bond motifs is 5. The number of alkyl carbamates (subject to hydrolysis) is 1. The van der Waals surface area contributed by atoms with Gasteiger partial charge in [0, 0.05) is 32.3 Å². The predicted octanol–water partition coefficient (Wildman–Crippen LogP) is 3.78. The molecule has 69 heavy (non-hydrogen) atoms. The number of hydrogen-bond acceptors (Lipinski definition) is 18. The van der Waals surface area contributed by atoms with Gasteiger partial charge in [0.2, 0.25) is 0 Å². The average molecular weight is 966 g/mol. The number of ether oxygens (including phenoxy) is 8. The summed E-state index contributed by atoms with van der Waals surface area (Å²) in [7, 11) is 1.27. The number of benzene rings is 2. The Labute approximate surface area is 400 Å². The van der Waals surface area contributed by atoms with Crippen LogP contribution in [0, 0.1) is 16.7 Å². The van der Waals surface area contributed by atoms with Crippen molar-refractivity contribution in [2.45, 2.75) is 147 Å². The molecule has 376 valence electrons. The molecule has 4 N–H and O–H groups in total. The topological polar surface area (TPSA) is 266 Å². The first-order chi connectivity index (χ1) is 32.3. The molecule has 1 heterocycles. The number of methoxy groups -OCH3 is 1. The lowest BCUT2D eigenvalue weighted by Gasteiger charge is -2.67. The zero-order chi connectivity index (χ0) is 51.0. The first kappa shape index (κ1) is 52.6. The Morgan fingerprint density at radius 3 is 2.09 bits per heavy atom. The van der Waals surface area contributed by atoms with E-state index in [0.29, 0.717) is 0 Å².